The lowest BCUT2D eigenvalue weighted by atomic mass is 10.0. The Morgan fingerprint density at radius 3 is 2.95 bits per heavy atom. The minimum atomic E-state index is -0.787. The van der Waals surface area contributed by atoms with E-state index in [2.05, 4.69) is 6.07 Å². The van der Waals surface area contributed by atoms with E-state index in [4.69, 9.17) is 10.00 Å². The Morgan fingerprint density at radius 2 is 2.35 bits per heavy atom. The lowest BCUT2D eigenvalue weighted by molar-refractivity contribution is -0.143. The van der Waals surface area contributed by atoms with Crippen LogP contribution in [0.4, 0.5) is 0 Å². The summed E-state index contributed by atoms with van der Waals surface area (Å²) in [6, 6.07) is 6.84. The van der Waals surface area contributed by atoms with Crippen molar-refractivity contribution in [3.05, 3.63) is 29.3 Å². The average molecular weight is 274 g/mol. The molecule has 1 saturated heterocycles. The van der Waals surface area contributed by atoms with Crippen LogP contribution >= 0.6 is 0 Å². The van der Waals surface area contributed by atoms with Crippen molar-refractivity contribution in [3.8, 4) is 11.8 Å². The van der Waals surface area contributed by atoms with Crippen molar-refractivity contribution in [2.24, 2.45) is 5.92 Å². The van der Waals surface area contributed by atoms with Gasteiger partial charge in [-0.05, 0) is 37.1 Å². The molecular formula is C15H18N2O3. The molecule has 0 aromatic heterocycles. The molecular weight excluding hydrogens is 256 g/mol. The summed E-state index contributed by atoms with van der Waals surface area (Å²) in [4.78, 5) is 13.3. The van der Waals surface area contributed by atoms with Crippen LogP contribution in [0.1, 0.15) is 24.5 Å². The number of carboxylic acids is 1. The number of rotatable bonds is 4. The smallest absolute Gasteiger partial charge is 0.321 e. The van der Waals surface area contributed by atoms with Crippen LogP contribution in [0.5, 0.6) is 5.75 Å². The fourth-order valence-corrected chi connectivity index (χ4v) is 2.79. The van der Waals surface area contributed by atoms with E-state index in [1.54, 1.807) is 25.3 Å². The van der Waals surface area contributed by atoms with Gasteiger partial charge in [0.15, 0.2) is 0 Å². The lowest BCUT2D eigenvalue weighted by Gasteiger charge is -2.24. The number of nitriles is 1. The maximum absolute atomic E-state index is 11.4. The summed E-state index contributed by atoms with van der Waals surface area (Å²) in [6.07, 6.45) is 0.872. The van der Waals surface area contributed by atoms with E-state index >= 15 is 0 Å². The summed E-state index contributed by atoms with van der Waals surface area (Å²) in [5.74, 6) is 0.0377. The normalized spacial score (nSPS) is 22.4. The number of benzene rings is 1. The van der Waals surface area contributed by atoms with E-state index in [0.29, 0.717) is 17.9 Å². The maximum Gasteiger partial charge on any atom is 0.321 e. The highest BCUT2D eigenvalue weighted by molar-refractivity contribution is 5.74. The van der Waals surface area contributed by atoms with Crippen molar-refractivity contribution >= 4 is 5.97 Å². The second-order valence-electron chi connectivity index (χ2n) is 5.16. The predicted molar refractivity (Wildman–Crippen MR) is 73.3 cm³/mol. The Morgan fingerprint density at radius 1 is 1.60 bits per heavy atom. The molecule has 1 N–H and O–H groups in total. The van der Waals surface area contributed by atoms with E-state index in [9.17, 15) is 9.90 Å². The molecule has 0 bridgehead atoms. The first-order valence-corrected chi connectivity index (χ1v) is 6.60. The molecule has 1 aliphatic rings. The molecule has 2 unspecified atom stereocenters. The number of carboxylic acid groups (broad SMARTS) is 1. The Balaban J connectivity index is 2.25. The van der Waals surface area contributed by atoms with Gasteiger partial charge in [-0.25, -0.2) is 0 Å². The van der Waals surface area contributed by atoms with Crippen molar-refractivity contribution in [3.63, 3.8) is 0 Å². The Bertz CT molecular complexity index is 551. The quantitative estimate of drug-likeness (QED) is 0.907. The van der Waals surface area contributed by atoms with Gasteiger partial charge in [-0.1, -0.05) is 6.92 Å². The van der Waals surface area contributed by atoms with Crippen LogP contribution < -0.4 is 4.74 Å². The van der Waals surface area contributed by atoms with Gasteiger partial charge in [0.2, 0.25) is 0 Å². The number of nitrogens with zero attached hydrogens (tertiary/aromatic N) is 2. The molecule has 0 saturated carbocycles. The fraction of sp³-hybridized carbons (Fsp3) is 0.467. The number of carbonyl (C=O) groups is 1. The summed E-state index contributed by atoms with van der Waals surface area (Å²) in [5, 5.41) is 18.3. The largest absolute Gasteiger partial charge is 0.496 e. The third kappa shape index (κ3) is 2.75. The Labute approximate surface area is 118 Å². The number of hydrogen-bond acceptors (Lipinski definition) is 4. The SMILES string of the molecule is COc1ccc(C#N)cc1CN1CCC(C)C1C(=O)O. The Hall–Kier alpha value is -2.06. The number of aliphatic carboxylic acids is 1. The molecule has 1 aromatic carbocycles. The first-order chi connectivity index (χ1) is 9.56. The monoisotopic (exact) mass is 274 g/mol. The van der Waals surface area contributed by atoms with E-state index in [-0.39, 0.29) is 5.92 Å². The molecule has 5 nitrogen and oxygen atoms in total. The van der Waals surface area contributed by atoms with Crippen LogP contribution in [-0.4, -0.2) is 35.7 Å². The van der Waals surface area contributed by atoms with Crippen LogP contribution in [0.2, 0.25) is 0 Å². The molecule has 1 heterocycles. The van der Waals surface area contributed by atoms with E-state index in [1.165, 1.54) is 0 Å². The van der Waals surface area contributed by atoms with Crippen LogP contribution in [0.25, 0.3) is 0 Å². The molecule has 20 heavy (non-hydrogen) atoms. The minimum Gasteiger partial charge on any atom is -0.496 e. The molecule has 0 spiro atoms. The van der Waals surface area contributed by atoms with Gasteiger partial charge in [-0.3, -0.25) is 9.69 Å². The number of likely N-dealkylation sites (tertiary alicyclic amines) is 1. The molecule has 5 heteroatoms. The summed E-state index contributed by atoms with van der Waals surface area (Å²) in [5.41, 5.74) is 1.41. The summed E-state index contributed by atoms with van der Waals surface area (Å²) < 4.78 is 5.29. The predicted octanol–water partition coefficient (Wildman–Crippen LogP) is 1.86. The van der Waals surface area contributed by atoms with Crippen LogP contribution in [0, 0.1) is 17.2 Å². The summed E-state index contributed by atoms with van der Waals surface area (Å²) >= 11 is 0. The van der Waals surface area contributed by atoms with E-state index < -0.39 is 12.0 Å². The Kier molecular flexibility index (Phi) is 4.26. The summed E-state index contributed by atoms with van der Waals surface area (Å²) in [7, 11) is 1.58. The molecule has 1 aromatic rings. The van der Waals surface area contributed by atoms with E-state index in [1.807, 2.05) is 11.8 Å². The second-order valence-corrected chi connectivity index (χ2v) is 5.16. The molecule has 1 aliphatic heterocycles. The van der Waals surface area contributed by atoms with Crippen molar-refractivity contribution in [1.82, 2.24) is 4.90 Å². The molecule has 0 aliphatic carbocycles. The lowest BCUT2D eigenvalue weighted by Crippen LogP contribution is -2.38. The van der Waals surface area contributed by atoms with Crippen molar-refractivity contribution in [1.29, 1.82) is 5.26 Å². The standard InChI is InChI=1S/C15H18N2O3/c1-10-5-6-17(14(10)15(18)19)9-12-7-11(8-16)3-4-13(12)20-2/h3-4,7,10,14H,5-6,9H2,1-2H3,(H,18,19). The van der Waals surface area contributed by atoms with Gasteiger partial charge in [0.1, 0.15) is 11.8 Å². The van der Waals surface area contributed by atoms with Crippen LogP contribution in [-0.2, 0) is 11.3 Å². The van der Waals surface area contributed by atoms with Gasteiger partial charge in [0.25, 0.3) is 0 Å². The third-order valence-corrected chi connectivity index (χ3v) is 3.84. The van der Waals surface area contributed by atoms with E-state index in [0.717, 1.165) is 18.5 Å². The molecule has 2 rings (SSSR count). The zero-order chi connectivity index (χ0) is 14.7. The molecule has 106 valence electrons. The summed E-state index contributed by atoms with van der Waals surface area (Å²) in [6.45, 7) is 3.19. The first-order valence-electron chi connectivity index (χ1n) is 6.60. The number of ether oxygens (including phenoxy) is 1. The average Bonchev–Trinajstić information content (AvgIpc) is 2.79. The van der Waals surface area contributed by atoms with Gasteiger partial charge >= 0.3 is 5.97 Å². The number of methoxy groups -OCH3 is 1. The third-order valence-electron chi connectivity index (χ3n) is 3.84. The highest BCUT2D eigenvalue weighted by Crippen LogP contribution is 2.29. The molecule has 0 amide bonds. The zero-order valence-electron chi connectivity index (χ0n) is 11.7. The van der Waals surface area contributed by atoms with Gasteiger partial charge in [0, 0.05) is 12.1 Å². The maximum atomic E-state index is 11.4. The van der Waals surface area contributed by atoms with Gasteiger partial charge < -0.3 is 9.84 Å². The van der Waals surface area contributed by atoms with Gasteiger partial charge in [-0.15, -0.1) is 0 Å². The van der Waals surface area contributed by atoms with Gasteiger partial charge in [-0.2, -0.15) is 5.26 Å². The molecule has 2 atom stereocenters. The highest BCUT2D eigenvalue weighted by atomic mass is 16.5. The second kappa shape index (κ2) is 5.93. The minimum absolute atomic E-state index is 0.137. The van der Waals surface area contributed by atoms with Crippen LogP contribution in [0.15, 0.2) is 18.2 Å². The first kappa shape index (κ1) is 14.4. The highest BCUT2D eigenvalue weighted by Gasteiger charge is 2.36. The zero-order valence-corrected chi connectivity index (χ0v) is 11.7. The molecule has 1 fully saturated rings. The molecule has 0 radical (unpaired) electrons. The van der Waals surface area contributed by atoms with Gasteiger partial charge in [0.05, 0.1) is 18.7 Å². The van der Waals surface area contributed by atoms with Crippen molar-refractivity contribution in [2.75, 3.05) is 13.7 Å². The van der Waals surface area contributed by atoms with Crippen molar-refractivity contribution in [2.45, 2.75) is 25.9 Å². The topological polar surface area (TPSA) is 73.6 Å². The number of hydrogen-bond donors (Lipinski definition) is 1. The van der Waals surface area contributed by atoms with Crippen LogP contribution in [0.3, 0.4) is 0 Å². The van der Waals surface area contributed by atoms with Crippen molar-refractivity contribution < 1.29 is 14.6 Å². The fourth-order valence-electron chi connectivity index (χ4n) is 2.79.